The predicted molar refractivity (Wildman–Crippen MR) is 84.3 cm³/mol. The van der Waals surface area contributed by atoms with Crippen LogP contribution in [-0.4, -0.2) is 20.0 Å². The summed E-state index contributed by atoms with van der Waals surface area (Å²) in [7, 11) is 3.00. The van der Waals surface area contributed by atoms with Gasteiger partial charge in [0.05, 0.1) is 19.2 Å². The zero-order valence-corrected chi connectivity index (χ0v) is 12.9. The first-order chi connectivity index (χ1) is 10.6. The number of benzene rings is 2. The van der Waals surface area contributed by atoms with E-state index < -0.39 is 5.82 Å². The van der Waals surface area contributed by atoms with E-state index in [1.807, 2.05) is 0 Å². The Labute approximate surface area is 132 Å². The number of carbonyl (C=O) groups is 1. The highest BCUT2D eigenvalue weighted by Crippen LogP contribution is 2.28. The molecule has 0 saturated carbocycles. The van der Waals surface area contributed by atoms with Gasteiger partial charge in [-0.2, -0.15) is 0 Å². The fourth-order valence-corrected chi connectivity index (χ4v) is 2.14. The van der Waals surface area contributed by atoms with Gasteiger partial charge >= 0.3 is 0 Å². The quantitative estimate of drug-likeness (QED) is 0.605. The maximum absolute atomic E-state index is 13.6. The molecule has 0 unspecified atom stereocenters. The van der Waals surface area contributed by atoms with Gasteiger partial charge < -0.3 is 9.47 Å². The maximum atomic E-state index is 13.6. The number of carbonyl (C=O) groups excluding carboxylic acids is 1. The topological polar surface area (TPSA) is 35.5 Å². The molecule has 0 radical (unpaired) electrons. The van der Waals surface area contributed by atoms with Crippen molar-refractivity contribution >= 4 is 23.5 Å². The van der Waals surface area contributed by atoms with E-state index in [4.69, 9.17) is 21.1 Å². The van der Waals surface area contributed by atoms with Gasteiger partial charge in [0.2, 0.25) is 0 Å². The fourth-order valence-electron chi connectivity index (χ4n) is 1.91. The van der Waals surface area contributed by atoms with E-state index in [0.717, 1.165) is 0 Å². The van der Waals surface area contributed by atoms with Gasteiger partial charge in [-0.1, -0.05) is 17.7 Å². The van der Waals surface area contributed by atoms with Crippen molar-refractivity contribution < 1.29 is 18.7 Å². The third-order valence-corrected chi connectivity index (χ3v) is 3.40. The smallest absolute Gasteiger partial charge is 0.185 e. The summed E-state index contributed by atoms with van der Waals surface area (Å²) < 4.78 is 23.9. The molecule has 2 rings (SSSR count). The number of hydrogen-bond acceptors (Lipinski definition) is 3. The standard InChI is InChI=1S/C17H14ClFO3/c1-21-16-9-6-11(10-17(16)22-2)15(20)8-7-12-13(18)4-3-5-14(12)19/h3-10H,1-2H3/b8-7+. The van der Waals surface area contributed by atoms with Crippen molar-refractivity contribution in [3.8, 4) is 11.5 Å². The van der Waals surface area contributed by atoms with Crippen molar-refractivity contribution in [2.45, 2.75) is 0 Å². The van der Waals surface area contributed by atoms with Crippen molar-refractivity contribution in [3.63, 3.8) is 0 Å². The molecule has 5 heteroatoms. The molecule has 2 aromatic carbocycles. The molecule has 2 aromatic rings. The van der Waals surface area contributed by atoms with Crippen LogP contribution in [0.4, 0.5) is 4.39 Å². The number of rotatable bonds is 5. The SMILES string of the molecule is COc1ccc(C(=O)/C=C/c2c(F)cccc2Cl)cc1OC. The molecular weight excluding hydrogens is 307 g/mol. The monoisotopic (exact) mass is 320 g/mol. The number of allylic oxidation sites excluding steroid dienone is 1. The normalized spacial score (nSPS) is 10.7. The minimum Gasteiger partial charge on any atom is -0.493 e. The minimum absolute atomic E-state index is 0.179. The summed E-state index contributed by atoms with van der Waals surface area (Å²) in [5.74, 6) is 0.204. The molecule has 0 amide bonds. The Morgan fingerprint density at radius 2 is 1.86 bits per heavy atom. The molecule has 0 spiro atoms. The zero-order valence-electron chi connectivity index (χ0n) is 12.1. The van der Waals surface area contributed by atoms with Gasteiger partial charge in [0.15, 0.2) is 17.3 Å². The number of methoxy groups -OCH3 is 2. The van der Waals surface area contributed by atoms with Crippen LogP contribution < -0.4 is 9.47 Å². The summed E-state index contributed by atoms with van der Waals surface area (Å²) in [5.41, 5.74) is 0.583. The van der Waals surface area contributed by atoms with Crippen LogP contribution in [0.1, 0.15) is 15.9 Å². The summed E-state index contributed by atoms with van der Waals surface area (Å²) >= 11 is 5.91. The van der Waals surface area contributed by atoms with Crippen molar-refractivity contribution in [3.05, 3.63) is 64.4 Å². The molecule has 0 aliphatic rings. The average Bonchev–Trinajstić information content (AvgIpc) is 2.53. The van der Waals surface area contributed by atoms with Crippen LogP contribution >= 0.6 is 11.6 Å². The molecule has 114 valence electrons. The Hall–Kier alpha value is -2.33. The second-order valence-corrected chi connectivity index (χ2v) is 4.81. The third-order valence-electron chi connectivity index (χ3n) is 3.07. The first-order valence-electron chi connectivity index (χ1n) is 6.45. The number of hydrogen-bond donors (Lipinski definition) is 0. The van der Waals surface area contributed by atoms with E-state index in [1.165, 1.54) is 38.5 Å². The van der Waals surface area contributed by atoms with Gasteiger partial charge in [-0.3, -0.25) is 4.79 Å². The van der Waals surface area contributed by atoms with E-state index in [0.29, 0.717) is 17.1 Å². The van der Waals surface area contributed by atoms with Crippen LogP contribution in [0.15, 0.2) is 42.5 Å². The number of ketones is 1. The Morgan fingerprint density at radius 3 is 2.50 bits per heavy atom. The van der Waals surface area contributed by atoms with E-state index in [-0.39, 0.29) is 16.4 Å². The van der Waals surface area contributed by atoms with Crippen LogP contribution in [0.25, 0.3) is 6.08 Å². The molecule has 0 saturated heterocycles. The minimum atomic E-state index is -0.483. The van der Waals surface area contributed by atoms with E-state index in [9.17, 15) is 9.18 Å². The molecule has 0 aromatic heterocycles. The van der Waals surface area contributed by atoms with Crippen LogP contribution in [0.5, 0.6) is 11.5 Å². The lowest BCUT2D eigenvalue weighted by atomic mass is 10.1. The summed E-state index contributed by atoms with van der Waals surface area (Å²) in [6.07, 6.45) is 2.63. The van der Waals surface area contributed by atoms with Crippen molar-refractivity contribution in [1.29, 1.82) is 0 Å². The molecule has 0 aliphatic carbocycles. The molecule has 22 heavy (non-hydrogen) atoms. The summed E-state index contributed by atoms with van der Waals surface area (Å²) in [6, 6.07) is 9.16. The fraction of sp³-hybridized carbons (Fsp3) is 0.118. The van der Waals surface area contributed by atoms with Crippen LogP contribution in [-0.2, 0) is 0 Å². The number of ether oxygens (including phenoxy) is 2. The molecule has 0 heterocycles. The Kier molecular flexibility index (Phi) is 5.17. The first-order valence-corrected chi connectivity index (χ1v) is 6.83. The van der Waals surface area contributed by atoms with Crippen LogP contribution in [0.2, 0.25) is 5.02 Å². The molecule has 0 bridgehead atoms. The average molecular weight is 321 g/mol. The van der Waals surface area contributed by atoms with Crippen molar-refractivity contribution in [2.75, 3.05) is 14.2 Å². The molecule has 0 fully saturated rings. The Balaban J connectivity index is 2.27. The lowest BCUT2D eigenvalue weighted by Gasteiger charge is -2.08. The molecule has 0 aliphatic heterocycles. The van der Waals surface area contributed by atoms with Crippen LogP contribution in [0, 0.1) is 5.82 Å². The van der Waals surface area contributed by atoms with Gasteiger partial charge in [-0.15, -0.1) is 0 Å². The van der Waals surface area contributed by atoms with E-state index >= 15 is 0 Å². The van der Waals surface area contributed by atoms with Crippen molar-refractivity contribution in [2.24, 2.45) is 0 Å². The highest BCUT2D eigenvalue weighted by atomic mass is 35.5. The van der Waals surface area contributed by atoms with E-state index in [1.54, 1.807) is 24.3 Å². The lowest BCUT2D eigenvalue weighted by molar-refractivity contribution is 0.104. The second kappa shape index (κ2) is 7.09. The van der Waals surface area contributed by atoms with Gasteiger partial charge in [-0.25, -0.2) is 4.39 Å². The highest BCUT2D eigenvalue weighted by Gasteiger charge is 2.09. The zero-order chi connectivity index (χ0) is 16.1. The third kappa shape index (κ3) is 3.46. The van der Waals surface area contributed by atoms with Gasteiger partial charge in [0.25, 0.3) is 0 Å². The lowest BCUT2D eigenvalue weighted by Crippen LogP contribution is -1.97. The summed E-state index contributed by atoms with van der Waals surface area (Å²) in [6.45, 7) is 0. The summed E-state index contributed by atoms with van der Waals surface area (Å²) in [4.78, 5) is 12.2. The van der Waals surface area contributed by atoms with Crippen LogP contribution in [0.3, 0.4) is 0 Å². The Bertz CT molecular complexity index is 706. The first kappa shape index (κ1) is 16.0. The molecule has 0 atom stereocenters. The van der Waals surface area contributed by atoms with Gasteiger partial charge in [0, 0.05) is 11.1 Å². The van der Waals surface area contributed by atoms with Gasteiger partial charge in [0.1, 0.15) is 5.82 Å². The summed E-state index contributed by atoms with van der Waals surface area (Å²) in [5, 5.41) is 0.247. The van der Waals surface area contributed by atoms with Crippen molar-refractivity contribution in [1.82, 2.24) is 0 Å². The molecule has 0 N–H and O–H groups in total. The molecule has 3 nitrogen and oxygen atoms in total. The largest absolute Gasteiger partial charge is 0.493 e. The molecular formula is C17H14ClFO3. The highest BCUT2D eigenvalue weighted by molar-refractivity contribution is 6.32. The predicted octanol–water partition coefficient (Wildman–Crippen LogP) is 4.39. The maximum Gasteiger partial charge on any atom is 0.185 e. The number of halogens is 2. The second-order valence-electron chi connectivity index (χ2n) is 4.40. The van der Waals surface area contributed by atoms with E-state index in [2.05, 4.69) is 0 Å². The Morgan fingerprint density at radius 1 is 1.14 bits per heavy atom. The van der Waals surface area contributed by atoms with Gasteiger partial charge in [-0.05, 0) is 42.5 Å².